The average molecular weight is 205 g/mol. The predicted molar refractivity (Wildman–Crippen MR) is 66.6 cm³/mol. The fourth-order valence-corrected chi connectivity index (χ4v) is 2.66. The molecule has 84 valence electrons. The van der Waals surface area contributed by atoms with E-state index in [0.29, 0.717) is 0 Å². The predicted octanol–water partition coefficient (Wildman–Crippen LogP) is 3.08. The molecule has 1 heteroatoms. The summed E-state index contributed by atoms with van der Waals surface area (Å²) < 4.78 is 0. The molecule has 1 saturated heterocycles. The van der Waals surface area contributed by atoms with E-state index in [2.05, 4.69) is 24.4 Å². The molecule has 1 fully saturated rings. The van der Waals surface area contributed by atoms with Gasteiger partial charge in [-0.3, -0.25) is 0 Å². The molecule has 0 amide bonds. The number of rotatable bonds is 6. The molecule has 1 heterocycles. The minimum absolute atomic E-state index is 0.762. The van der Waals surface area contributed by atoms with Crippen molar-refractivity contribution in [3.63, 3.8) is 0 Å². The van der Waals surface area contributed by atoms with Gasteiger partial charge in [-0.05, 0) is 51.6 Å². The topological polar surface area (TPSA) is 3.24 Å². The largest absolute Gasteiger partial charge is 0.303 e. The molecule has 0 bridgehead atoms. The van der Waals surface area contributed by atoms with E-state index in [1.54, 1.807) is 0 Å². The van der Waals surface area contributed by atoms with Gasteiger partial charge in [0.05, 0.1) is 0 Å². The van der Waals surface area contributed by atoms with Crippen molar-refractivity contribution in [2.45, 2.75) is 44.6 Å². The highest BCUT2D eigenvalue weighted by molar-refractivity contribution is 4.89. The minimum atomic E-state index is 0.762. The maximum Gasteiger partial charge on any atom is 0.0121 e. The normalized spacial score (nSPS) is 23.6. The molecule has 0 aromatic heterocycles. The van der Waals surface area contributed by atoms with Gasteiger partial charge in [0.1, 0.15) is 0 Å². The second-order valence-corrected chi connectivity index (χ2v) is 4.56. The van der Waals surface area contributed by atoms with Crippen molar-refractivity contribution in [1.29, 1.82) is 0 Å². The van der Waals surface area contributed by atoms with Crippen molar-refractivity contribution in [1.82, 2.24) is 4.90 Å². The number of nitrogens with zero attached hydrogens (tertiary/aromatic N) is 1. The molecule has 0 aromatic carbocycles. The van der Waals surface area contributed by atoms with Gasteiger partial charge >= 0.3 is 0 Å². The summed E-state index contributed by atoms with van der Waals surface area (Å²) in [7, 11) is 2.24. The van der Waals surface area contributed by atoms with Crippen molar-refractivity contribution in [2.75, 3.05) is 13.6 Å². The summed E-state index contributed by atoms with van der Waals surface area (Å²) in [5, 5.41) is 0. The van der Waals surface area contributed by atoms with Gasteiger partial charge in [0, 0.05) is 12.5 Å². The highest BCUT2D eigenvalue weighted by Gasteiger charge is 2.27. The zero-order valence-corrected chi connectivity index (χ0v) is 9.91. The van der Waals surface area contributed by atoms with Crippen LogP contribution in [0.4, 0.5) is 0 Å². The molecule has 15 heavy (non-hydrogen) atoms. The standard InChI is InChI=1S/C14H23N/c1-4-6-9-13(10-7-5-2)14-11-8-12-15(14)3/h1,5,13-14H,2,6-12H2,3H3. The minimum Gasteiger partial charge on any atom is -0.303 e. The maximum absolute atomic E-state index is 5.36. The van der Waals surface area contributed by atoms with Crippen LogP contribution in [0.5, 0.6) is 0 Å². The second-order valence-electron chi connectivity index (χ2n) is 4.56. The molecule has 1 aliphatic heterocycles. The molecular formula is C14H23N. The van der Waals surface area contributed by atoms with Crippen molar-refractivity contribution in [2.24, 2.45) is 5.92 Å². The fraction of sp³-hybridized carbons (Fsp3) is 0.714. The Labute approximate surface area is 94.5 Å². The van der Waals surface area contributed by atoms with Gasteiger partial charge in [0.15, 0.2) is 0 Å². The summed E-state index contributed by atoms with van der Waals surface area (Å²) in [6.45, 7) is 5.06. The lowest BCUT2D eigenvalue weighted by atomic mass is 9.88. The van der Waals surface area contributed by atoms with E-state index in [1.807, 2.05) is 6.08 Å². The number of likely N-dealkylation sites (tertiary alicyclic amines) is 1. The first-order chi connectivity index (χ1) is 7.29. The highest BCUT2D eigenvalue weighted by Crippen LogP contribution is 2.28. The smallest absolute Gasteiger partial charge is 0.0121 e. The molecule has 0 radical (unpaired) electrons. The second kappa shape index (κ2) is 6.69. The molecule has 2 atom stereocenters. The lowest BCUT2D eigenvalue weighted by Gasteiger charge is -2.28. The van der Waals surface area contributed by atoms with E-state index >= 15 is 0 Å². The Morgan fingerprint density at radius 1 is 1.60 bits per heavy atom. The molecule has 0 saturated carbocycles. The van der Waals surface area contributed by atoms with Crippen LogP contribution in [0.25, 0.3) is 0 Å². The Hall–Kier alpha value is -0.740. The molecule has 0 aliphatic carbocycles. The van der Waals surface area contributed by atoms with Crippen molar-refractivity contribution in [3.8, 4) is 12.3 Å². The summed E-state index contributed by atoms with van der Waals surface area (Å²) in [5.74, 6) is 3.54. The summed E-state index contributed by atoms with van der Waals surface area (Å²) in [6, 6.07) is 0.762. The molecule has 1 aliphatic rings. The Balaban J connectivity index is 2.46. The fourth-order valence-electron chi connectivity index (χ4n) is 2.66. The number of hydrogen-bond donors (Lipinski definition) is 0. The summed E-state index contributed by atoms with van der Waals surface area (Å²) in [6.07, 6.45) is 14.6. The Kier molecular flexibility index (Phi) is 5.50. The van der Waals surface area contributed by atoms with Crippen molar-refractivity contribution >= 4 is 0 Å². The first-order valence-corrected chi connectivity index (χ1v) is 6.04. The van der Waals surface area contributed by atoms with Crippen LogP contribution < -0.4 is 0 Å². The lowest BCUT2D eigenvalue weighted by molar-refractivity contribution is 0.210. The molecular weight excluding hydrogens is 182 g/mol. The van der Waals surface area contributed by atoms with E-state index in [9.17, 15) is 0 Å². The van der Waals surface area contributed by atoms with E-state index in [1.165, 1.54) is 32.2 Å². The van der Waals surface area contributed by atoms with E-state index in [-0.39, 0.29) is 0 Å². The zero-order chi connectivity index (χ0) is 11.1. The summed E-state index contributed by atoms with van der Waals surface area (Å²) in [5.41, 5.74) is 0. The van der Waals surface area contributed by atoms with Crippen LogP contribution in [-0.4, -0.2) is 24.5 Å². The third kappa shape index (κ3) is 3.72. The van der Waals surface area contributed by atoms with Gasteiger partial charge in [0.25, 0.3) is 0 Å². The Morgan fingerprint density at radius 2 is 2.40 bits per heavy atom. The Morgan fingerprint density at radius 3 is 2.93 bits per heavy atom. The van der Waals surface area contributed by atoms with Crippen LogP contribution >= 0.6 is 0 Å². The van der Waals surface area contributed by atoms with Crippen LogP contribution in [0.1, 0.15) is 38.5 Å². The molecule has 1 nitrogen and oxygen atoms in total. The van der Waals surface area contributed by atoms with Crippen LogP contribution in [0, 0.1) is 18.3 Å². The van der Waals surface area contributed by atoms with Crippen molar-refractivity contribution < 1.29 is 0 Å². The van der Waals surface area contributed by atoms with Gasteiger partial charge in [-0.2, -0.15) is 0 Å². The lowest BCUT2D eigenvalue weighted by Crippen LogP contribution is -2.32. The van der Waals surface area contributed by atoms with Crippen LogP contribution in [0.3, 0.4) is 0 Å². The number of allylic oxidation sites excluding steroid dienone is 1. The third-order valence-electron chi connectivity index (χ3n) is 3.52. The molecule has 0 spiro atoms. The first kappa shape index (κ1) is 12.3. The van der Waals surface area contributed by atoms with Gasteiger partial charge in [-0.1, -0.05) is 6.08 Å². The zero-order valence-electron chi connectivity index (χ0n) is 9.91. The molecule has 0 N–H and O–H groups in total. The van der Waals surface area contributed by atoms with Gasteiger partial charge in [-0.25, -0.2) is 0 Å². The van der Waals surface area contributed by atoms with Gasteiger partial charge in [0.2, 0.25) is 0 Å². The quantitative estimate of drug-likeness (QED) is 0.476. The molecule has 2 unspecified atom stereocenters. The number of terminal acetylenes is 1. The monoisotopic (exact) mass is 205 g/mol. The van der Waals surface area contributed by atoms with Crippen molar-refractivity contribution in [3.05, 3.63) is 12.7 Å². The van der Waals surface area contributed by atoms with E-state index in [4.69, 9.17) is 6.42 Å². The van der Waals surface area contributed by atoms with Crippen LogP contribution in [0.15, 0.2) is 12.7 Å². The van der Waals surface area contributed by atoms with E-state index < -0.39 is 0 Å². The van der Waals surface area contributed by atoms with Gasteiger partial charge < -0.3 is 4.90 Å². The maximum atomic E-state index is 5.36. The molecule has 1 rings (SSSR count). The van der Waals surface area contributed by atoms with Crippen LogP contribution in [-0.2, 0) is 0 Å². The number of hydrogen-bond acceptors (Lipinski definition) is 1. The Bertz CT molecular complexity index is 226. The third-order valence-corrected chi connectivity index (χ3v) is 3.52. The average Bonchev–Trinajstić information content (AvgIpc) is 2.65. The SMILES string of the molecule is C#CCCC(CCC=C)C1CCCN1C. The molecule has 0 aromatic rings. The van der Waals surface area contributed by atoms with E-state index in [0.717, 1.165) is 24.8 Å². The summed E-state index contributed by atoms with van der Waals surface area (Å²) >= 11 is 0. The first-order valence-electron chi connectivity index (χ1n) is 6.04. The summed E-state index contributed by atoms with van der Waals surface area (Å²) in [4.78, 5) is 2.50. The van der Waals surface area contributed by atoms with Crippen LogP contribution in [0.2, 0.25) is 0 Å². The van der Waals surface area contributed by atoms with Gasteiger partial charge in [-0.15, -0.1) is 18.9 Å². The highest BCUT2D eigenvalue weighted by atomic mass is 15.1.